The molecule has 1 amide bonds. The standard InChI is InChI=1S/C20H22N4O5S.ClH/c1-22(2)10-11-23(19(25)13-6-5-7-14(12-13)24(26)27)20-21-17-15(28-3)8-9-16(29-4)18(17)30-20;/h5-9,12H,10-11H2,1-4H3;1H. The van der Waals surface area contributed by atoms with E-state index in [0.717, 1.165) is 4.70 Å². The lowest BCUT2D eigenvalue weighted by atomic mass is 10.2. The van der Waals surface area contributed by atoms with Crippen molar-refractivity contribution in [3.8, 4) is 11.5 Å². The number of carbonyl (C=O) groups excluding carboxylic acids is 1. The fraction of sp³-hybridized carbons (Fsp3) is 0.300. The molecular weight excluding hydrogens is 444 g/mol. The van der Waals surface area contributed by atoms with Crippen molar-refractivity contribution in [2.75, 3.05) is 46.3 Å². The highest BCUT2D eigenvalue weighted by molar-refractivity contribution is 7.22. The first-order valence-corrected chi connectivity index (χ1v) is 9.90. The van der Waals surface area contributed by atoms with Crippen molar-refractivity contribution in [1.82, 2.24) is 9.88 Å². The summed E-state index contributed by atoms with van der Waals surface area (Å²) in [6.07, 6.45) is 0. The van der Waals surface area contributed by atoms with Gasteiger partial charge in [0.1, 0.15) is 21.7 Å². The number of hydrogen-bond acceptors (Lipinski definition) is 8. The minimum absolute atomic E-state index is 0. The molecule has 0 saturated carbocycles. The van der Waals surface area contributed by atoms with E-state index < -0.39 is 4.92 Å². The Balaban J connectivity index is 0.00000341. The molecule has 0 bridgehead atoms. The van der Waals surface area contributed by atoms with E-state index in [4.69, 9.17) is 9.47 Å². The summed E-state index contributed by atoms with van der Waals surface area (Å²) in [7, 11) is 6.93. The van der Waals surface area contributed by atoms with Crippen molar-refractivity contribution in [2.24, 2.45) is 0 Å². The predicted molar refractivity (Wildman–Crippen MR) is 123 cm³/mol. The zero-order valence-electron chi connectivity index (χ0n) is 17.5. The summed E-state index contributed by atoms with van der Waals surface area (Å²) in [6.45, 7) is 0.948. The maximum Gasteiger partial charge on any atom is 0.270 e. The van der Waals surface area contributed by atoms with Crippen LogP contribution in [0.4, 0.5) is 10.8 Å². The average molecular weight is 467 g/mol. The number of ether oxygens (including phenoxy) is 2. The molecule has 2 aromatic carbocycles. The molecule has 11 heteroatoms. The Labute approximate surface area is 189 Å². The van der Waals surface area contributed by atoms with Gasteiger partial charge in [0.15, 0.2) is 5.13 Å². The largest absolute Gasteiger partial charge is 0.495 e. The molecule has 0 N–H and O–H groups in total. The number of methoxy groups -OCH3 is 2. The molecular formula is C20H23ClN4O5S. The Morgan fingerprint density at radius 3 is 2.42 bits per heavy atom. The van der Waals surface area contributed by atoms with Crippen molar-refractivity contribution in [3.63, 3.8) is 0 Å². The third-order valence-electron chi connectivity index (χ3n) is 4.45. The minimum Gasteiger partial charge on any atom is -0.495 e. The Morgan fingerprint density at radius 2 is 1.81 bits per heavy atom. The van der Waals surface area contributed by atoms with Gasteiger partial charge in [-0.05, 0) is 32.3 Å². The van der Waals surface area contributed by atoms with Gasteiger partial charge in [-0.3, -0.25) is 19.8 Å². The first kappa shape index (κ1) is 24.3. The quantitative estimate of drug-likeness (QED) is 0.367. The van der Waals surface area contributed by atoms with Crippen LogP contribution in [0.1, 0.15) is 10.4 Å². The molecule has 31 heavy (non-hydrogen) atoms. The molecule has 0 saturated heterocycles. The van der Waals surface area contributed by atoms with Crippen LogP contribution in [-0.4, -0.2) is 62.1 Å². The van der Waals surface area contributed by atoms with Gasteiger partial charge in [-0.2, -0.15) is 0 Å². The van der Waals surface area contributed by atoms with Crippen molar-refractivity contribution in [2.45, 2.75) is 0 Å². The van der Waals surface area contributed by atoms with Crippen LogP contribution in [0.15, 0.2) is 36.4 Å². The van der Waals surface area contributed by atoms with Gasteiger partial charge in [0, 0.05) is 30.8 Å². The molecule has 0 radical (unpaired) electrons. The van der Waals surface area contributed by atoms with Gasteiger partial charge in [-0.15, -0.1) is 12.4 Å². The Kier molecular flexibility index (Phi) is 8.14. The van der Waals surface area contributed by atoms with E-state index in [-0.39, 0.29) is 29.6 Å². The molecule has 0 aliphatic rings. The summed E-state index contributed by atoms with van der Waals surface area (Å²) >= 11 is 1.31. The number of halogens is 1. The molecule has 1 heterocycles. The SMILES string of the molecule is COc1ccc(OC)c2sc(N(CCN(C)C)C(=O)c3cccc([N+](=O)[O-])c3)nc12.Cl. The summed E-state index contributed by atoms with van der Waals surface area (Å²) in [5.74, 6) is 0.839. The number of anilines is 1. The molecule has 0 fully saturated rings. The van der Waals surface area contributed by atoms with Gasteiger partial charge >= 0.3 is 0 Å². The molecule has 3 rings (SSSR count). The number of nitro benzene ring substituents is 1. The van der Waals surface area contributed by atoms with E-state index in [9.17, 15) is 14.9 Å². The van der Waals surface area contributed by atoms with Crippen LogP contribution in [0.3, 0.4) is 0 Å². The number of amides is 1. The van der Waals surface area contributed by atoms with Crippen LogP contribution >= 0.6 is 23.7 Å². The summed E-state index contributed by atoms with van der Waals surface area (Å²) in [4.78, 5) is 32.0. The number of rotatable bonds is 8. The van der Waals surface area contributed by atoms with Crippen molar-refractivity contribution < 1.29 is 19.2 Å². The molecule has 0 aliphatic heterocycles. The fourth-order valence-corrected chi connectivity index (χ4v) is 3.98. The van der Waals surface area contributed by atoms with Crippen molar-refractivity contribution in [3.05, 3.63) is 52.1 Å². The van der Waals surface area contributed by atoms with E-state index in [1.54, 1.807) is 32.4 Å². The van der Waals surface area contributed by atoms with Crippen molar-refractivity contribution >= 4 is 50.7 Å². The van der Waals surface area contributed by atoms with Crippen LogP contribution in [0.25, 0.3) is 10.2 Å². The summed E-state index contributed by atoms with van der Waals surface area (Å²) in [6, 6.07) is 9.24. The van der Waals surface area contributed by atoms with Gasteiger partial charge in [-0.25, -0.2) is 4.98 Å². The monoisotopic (exact) mass is 466 g/mol. The highest BCUT2D eigenvalue weighted by atomic mass is 35.5. The fourth-order valence-electron chi connectivity index (χ4n) is 2.88. The summed E-state index contributed by atoms with van der Waals surface area (Å²) in [5.41, 5.74) is 0.681. The lowest BCUT2D eigenvalue weighted by Crippen LogP contribution is -2.36. The Morgan fingerprint density at radius 1 is 1.13 bits per heavy atom. The second-order valence-electron chi connectivity index (χ2n) is 6.71. The molecule has 0 atom stereocenters. The first-order chi connectivity index (χ1) is 14.3. The van der Waals surface area contributed by atoms with Gasteiger partial charge in [0.05, 0.1) is 19.1 Å². The maximum atomic E-state index is 13.3. The predicted octanol–water partition coefficient (Wildman–Crippen LogP) is 3.85. The third kappa shape index (κ3) is 5.22. The van der Waals surface area contributed by atoms with E-state index in [1.165, 1.54) is 34.4 Å². The van der Waals surface area contributed by atoms with Gasteiger partial charge in [-0.1, -0.05) is 17.4 Å². The molecule has 166 valence electrons. The number of nitro groups is 1. The number of fused-ring (bicyclic) bond motifs is 1. The zero-order valence-corrected chi connectivity index (χ0v) is 19.2. The first-order valence-electron chi connectivity index (χ1n) is 9.08. The number of nitrogens with zero attached hydrogens (tertiary/aromatic N) is 4. The Bertz CT molecular complexity index is 1050. The van der Waals surface area contributed by atoms with Gasteiger partial charge < -0.3 is 14.4 Å². The van der Waals surface area contributed by atoms with E-state index >= 15 is 0 Å². The lowest BCUT2D eigenvalue weighted by Gasteiger charge is -2.22. The number of thiazole rings is 1. The Hall–Kier alpha value is -2.95. The molecule has 0 spiro atoms. The van der Waals surface area contributed by atoms with Crippen LogP contribution in [-0.2, 0) is 0 Å². The van der Waals surface area contributed by atoms with Crippen LogP contribution in [0.2, 0.25) is 0 Å². The molecule has 0 aliphatic carbocycles. The summed E-state index contributed by atoms with van der Waals surface area (Å²) in [5, 5.41) is 11.6. The van der Waals surface area contributed by atoms with E-state index in [1.807, 2.05) is 19.0 Å². The minimum atomic E-state index is -0.519. The van der Waals surface area contributed by atoms with Gasteiger partial charge in [0.25, 0.3) is 11.6 Å². The molecule has 3 aromatic rings. The number of non-ortho nitro benzene ring substituents is 1. The summed E-state index contributed by atoms with van der Waals surface area (Å²) < 4.78 is 11.6. The highest BCUT2D eigenvalue weighted by Gasteiger charge is 2.24. The number of hydrogen-bond donors (Lipinski definition) is 0. The van der Waals surface area contributed by atoms with Crippen molar-refractivity contribution in [1.29, 1.82) is 0 Å². The maximum absolute atomic E-state index is 13.3. The normalized spacial score (nSPS) is 10.6. The van der Waals surface area contributed by atoms with Crippen LogP contribution < -0.4 is 14.4 Å². The smallest absolute Gasteiger partial charge is 0.270 e. The topological polar surface area (TPSA) is 98.0 Å². The second kappa shape index (κ2) is 10.4. The molecule has 1 aromatic heterocycles. The average Bonchev–Trinajstić information content (AvgIpc) is 3.18. The second-order valence-corrected chi connectivity index (χ2v) is 7.69. The lowest BCUT2D eigenvalue weighted by molar-refractivity contribution is -0.384. The number of benzene rings is 2. The van der Waals surface area contributed by atoms with Crippen LogP contribution in [0, 0.1) is 10.1 Å². The third-order valence-corrected chi connectivity index (χ3v) is 5.54. The highest BCUT2D eigenvalue weighted by Crippen LogP contribution is 2.40. The number of likely N-dealkylation sites (N-methyl/N-ethyl adjacent to an activating group) is 1. The van der Waals surface area contributed by atoms with Crippen LogP contribution in [0.5, 0.6) is 11.5 Å². The molecule has 0 unspecified atom stereocenters. The van der Waals surface area contributed by atoms with Gasteiger partial charge in [0.2, 0.25) is 0 Å². The van der Waals surface area contributed by atoms with E-state index in [0.29, 0.717) is 35.2 Å². The molecule has 9 nitrogen and oxygen atoms in total. The van der Waals surface area contributed by atoms with E-state index in [2.05, 4.69) is 4.98 Å². The number of carbonyl (C=O) groups is 1. The number of aromatic nitrogens is 1. The zero-order chi connectivity index (χ0) is 21.8.